The minimum atomic E-state index is -0.217. The summed E-state index contributed by atoms with van der Waals surface area (Å²) in [6, 6.07) is 3.56. The largest absolute Gasteiger partial charge is 0.339 e. The van der Waals surface area contributed by atoms with Gasteiger partial charge in [0, 0.05) is 28.7 Å². The Hall–Kier alpha value is -2.06. The van der Waals surface area contributed by atoms with Gasteiger partial charge in [0.25, 0.3) is 5.91 Å². The molecule has 8 heteroatoms. The van der Waals surface area contributed by atoms with Crippen LogP contribution in [-0.2, 0) is 0 Å². The lowest BCUT2D eigenvalue weighted by Gasteiger charge is -2.04. The number of hydrogen-bond donors (Lipinski definition) is 1. The average Bonchev–Trinajstić information content (AvgIpc) is 3.06. The summed E-state index contributed by atoms with van der Waals surface area (Å²) in [5.41, 5.74) is 1.21. The first kappa shape index (κ1) is 14.9. The van der Waals surface area contributed by atoms with E-state index in [-0.39, 0.29) is 5.91 Å². The quantitative estimate of drug-likeness (QED) is 0.748. The zero-order valence-corrected chi connectivity index (χ0v) is 14.2. The van der Waals surface area contributed by atoms with Crippen molar-refractivity contribution in [2.75, 3.05) is 5.32 Å². The van der Waals surface area contributed by atoms with Crippen molar-refractivity contribution in [3.05, 3.63) is 45.3 Å². The van der Waals surface area contributed by atoms with Crippen LogP contribution in [0.15, 0.2) is 33.5 Å². The van der Waals surface area contributed by atoms with Gasteiger partial charge in [0.15, 0.2) is 0 Å². The maximum absolute atomic E-state index is 12.3. The fourth-order valence-corrected chi connectivity index (χ4v) is 3.11. The standard InChI is InChI=1S/C14H11BrN4O2S/c1-7-11(4-12(22-7)13-17-8(2)21-19-13)18-14(20)9-3-10(15)6-16-5-9/h3-6H,1-2H3,(H,18,20). The van der Waals surface area contributed by atoms with E-state index in [2.05, 4.69) is 36.4 Å². The molecule has 6 nitrogen and oxygen atoms in total. The first-order valence-corrected chi connectivity index (χ1v) is 7.97. The van der Waals surface area contributed by atoms with E-state index in [1.165, 1.54) is 17.5 Å². The Kier molecular flexibility index (Phi) is 4.04. The molecule has 1 N–H and O–H groups in total. The van der Waals surface area contributed by atoms with Gasteiger partial charge in [0.05, 0.1) is 16.1 Å². The summed E-state index contributed by atoms with van der Waals surface area (Å²) in [7, 11) is 0. The number of thiophene rings is 1. The van der Waals surface area contributed by atoms with Gasteiger partial charge in [-0.25, -0.2) is 0 Å². The highest BCUT2D eigenvalue weighted by Gasteiger charge is 2.15. The second-order valence-electron chi connectivity index (χ2n) is 4.56. The number of hydrogen-bond acceptors (Lipinski definition) is 6. The molecule has 0 radical (unpaired) electrons. The summed E-state index contributed by atoms with van der Waals surface area (Å²) in [4.78, 5) is 22.2. The normalized spacial score (nSPS) is 10.7. The van der Waals surface area contributed by atoms with Crippen molar-refractivity contribution in [3.63, 3.8) is 0 Å². The molecule has 0 saturated heterocycles. The Balaban J connectivity index is 1.84. The molecule has 0 aliphatic rings. The summed E-state index contributed by atoms with van der Waals surface area (Å²) in [6.45, 7) is 3.66. The van der Waals surface area contributed by atoms with E-state index in [0.717, 1.165) is 19.9 Å². The molecule has 3 rings (SSSR count). The van der Waals surface area contributed by atoms with Gasteiger partial charge in [0.2, 0.25) is 11.7 Å². The van der Waals surface area contributed by atoms with Crippen LogP contribution in [0.4, 0.5) is 5.69 Å². The highest BCUT2D eigenvalue weighted by atomic mass is 79.9. The lowest BCUT2D eigenvalue weighted by atomic mass is 10.2. The molecule has 3 aromatic heterocycles. The van der Waals surface area contributed by atoms with Crippen LogP contribution in [0.5, 0.6) is 0 Å². The average molecular weight is 379 g/mol. The van der Waals surface area contributed by atoms with E-state index < -0.39 is 0 Å². The van der Waals surface area contributed by atoms with E-state index in [4.69, 9.17) is 4.52 Å². The molecule has 112 valence electrons. The lowest BCUT2D eigenvalue weighted by molar-refractivity contribution is 0.102. The molecule has 0 atom stereocenters. The molecular weight excluding hydrogens is 368 g/mol. The van der Waals surface area contributed by atoms with E-state index in [1.807, 2.05) is 13.0 Å². The Morgan fingerprint density at radius 2 is 2.14 bits per heavy atom. The van der Waals surface area contributed by atoms with E-state index in [0.29, 0.717) is 17.3 Å². The zero-order valence-electron chi connectivity index (χ0n) is 11.8. The number of amides is 1. The van der Waals surface area contributed by atoms with E-state index >= 15 is 0 Å². The van der Waals surface area contributed by atoms with Gasteiger partial charge in [-0.15, -0.1) is 11.3 Å². The molecule has 0 aromatic carbocycles. The van der Waals surface area contributed by atoms with Crippen LogP contribution >= 0.6 is 27.3 Å². The van der Waals surface area contributed by atoms with Gasteiger partial charge in [-0.05, 0) is 35.0 Å². The van der Waals surface area contributed by atoms with Gasteiger partial charge >= 0.3 is 0 Å². The SMILES string of the molecule is Cc1nc(-c2cc(NC(=O)c3cncc(Br)c3)c(C)s2)no1. The van der Waals surface area contributed by atoms with Crippen LogP contribution < -0.4 is 5.32 Å². The third kappa shape index (κ3) is 3.07. The molecule has 0 saturated carbocycles. The number of carbonyl (C=O) groups excluding carboxylic acids is 1. The molecule has 0 aliphatic heterocycles. The van der Waals surface area contributed by atoms with E-state index in [1.54, 1.807) is 19.2 Å². The van der Waals surface area contributed by atoms with E-state index in [9.17, 15) is 4.79 Å². The Morgan fingerprint density at radius 3 is 2.82 bits per heavy atom. The summed E-state index contributed by atoms with van der Waals surface area (Å²) < 4.78 is 5.73. The molecule has 3 aromatic rings. The van der Waals surface area contributed by atoms with Gasteiger partial charge in [-0.3, -0.25) is 9.78 Å². The van der Waals surface area contributed by atoms with Crippen LogP contribution in [0.25, 0.3) is 10.7 Å². The minimum Gasteiger partial charge on any atom is -0.339 e. The van der Waals surface area contributed by atoms with Crippen molar-refractivity contribution >= 4 is 38.9 Å². The van der Waals surface area contributed by atoms with Crippen LogP contribution in [0.2, 0.25) is 0 Å². The van der Waals surface area contributed by atoms with Gasteiger partial charge in [0.1, 0.15) is 0 Å². The second-order valence-corrected chi connectivity index (χ2v) is 6.74. The van der Waals surface area contributed by atoms with Crippen LogP contribution in [0.1, 0.15) is 21.1 Å². The first-order valence-electron chi connectivity index (χ1n) is 6.36. The molecule has 0 bridgehead atoms. The highest BCUT2D eigenvalue weighted by molar-refractivity contribution is 9.10. The molecule has 0 aliphatic carbocycles. The number of aromatic nitrogens is 3. The Morgan fingerprint density at radius 1 is 1.32 bits per heavy atom. The maximum atomic E-state index is 12.3. The molecule has 0 spiro atoms. The van der Waals surface area contributed by atoms with Gasteiger partial charge in [-0.1, -0.05) is 5.16 Å². The highest BCUT2D eigenvalue weighted by Crippen LogP contribution is 2.33. The number of rotatable bonds is 3. The Labute approximate surface area is 138 Å². The smallest absolute Gasteiger partial charge is 0.257 e. The van der Waals surface area contributed by atoms with Crippen molar-refractivity contribution in [2.45, 2.75) is 13.8 Å². The minimum absolute atomic E-state index is 0.217. The Bertz CT molecular complexity index is 843. The lowest BCUT2D eigenvalue weighted by Crippen LogP contribution is -2.12. The monoisotopic (exact) mass is 378 g/mol. The number of pyridine rings is 1. The number of carbonyl (C=O) groups is 1. The molecule has 0 unspecified atom stereocenters. The summed E-state index contributed by atoms with van der Waals surface area (Å²) in [5.74, 6) is 0.813. The van der Waals surface area contributed by atoms with Crippen LogP contribution in [0, 0.1) is 13.8 Å². The fraction of sp³-hybridized carbons (Fsp3) is 0.143. The van der Waals surface area contributed by atoms with Gasteiger partial charge in [-0.2, -0.15) is 4.98 Å². The number of nitrogens with one attached hydrogen (secondary N) is 1. The van der Waals surface area contributed by atoms with Crippen molar-refractivity contribution in [1.82, 2.24) is 15.1 Å². The molecule has 3 heterocycles. The van der Waals surface area contributed by atoms with Crippen LogP contribution in [-0.4, -0.2) is 21.0 Å². The molecule has 22 heavy (non-hydrogen) atoms. The summed E-state index contributed by atoms with van der Waals surface area (Å²) in [6.07, 6.45) is 3.15. The zero-order chi connectivity index (χ0) is 15.7. The predicted molar refractivity (Wildman–Crippen MR) is 87.0 cm³/mol. The molecular formula is C14H11BrN4O2S. The van der Waals surface area contributed by atoms with Crippen molar-refractivity contribution < 1.29 is 9.32 Å². The number of halogens is 1. The second kappa shape index (κ2) is 5.98. The number of anilines is 1. The predicted octanol–water partition coefficient (Wildman–Crippen LogP) is 3.82. The summed E-state index contributed by atoms with van der Waals surface area (Å²) in [5, 5.41) is 6.76. The van der Waals surface area contributed by atoms with Crippen molar-refractivity contribution in [2.24, 2.45) is 0 Å². The molecule has 0 fully saturated rings. The number of aryl methyl sites for hydroxylation is 2. The summed E-state index contributed by atoms with van der Waals surface area (Å²) >= 11 is 4.80. The topological polar surface area (TPSA) is 80.9 Å². The van der Waals surface area contributed by atoms with Crippen LogP contribution in [0.3, 0.4) is 0 Å². The van der Waals surface area contributed by atoms with Crippen molar-refractivity contribution in [1.29, 1.82) is 0 Å². The van der Waals surface area contributed by atoms with Crippen molar-refractivity contribution in [3.8, 4) is 10.7 Å². The first-order chi connectivity index (χ1) is 10.5. The number of nitrogens with zero attached hydrogens (tertiary/aromatic N) is 3. The van der Waals surface area contributed by atoms with Gasteiger partial charge < -0.3 is 9.84 Å². The molecule has 1 amide bonds. The maximum Gasteiger partial charge on any atom is 0.257 e. The fourth-order valence-electron chi connectivity index (χ4n) is 1.85. The third-order valence-corrected chi connectivity index (χ3v) is 4.36. The third-order valence-electron chi connectivity index (χ3n) is 2.88.